The molecule has 0 aliphatic carbocycles. The zero-order chi connectivity index (χ0) is 12.6. The average molecular weight is 235 g/mol. The number of rotatable bonds is 2. The molecule has 1 aliphatic rings. The molecule has 17 heavy (non-hydrogen) atoms. The minimum Gasteiger partial charge on any atom is -0.370 e. The minimum atomic E-state index is -0.227. The lowest BCUT2D eigenvalue weighted by molar-refractivity contribution is -0.122. The van der Waals surface area contributed by atoms with Crippen LogP contribution in [-0.2, 0) is 4.79 Å². The van der Waals surface area contributed by atoms with Crippen molar-refractivity contribution in [3.63, 3.8) is 0 Å². The van der Waals surface area contributed by atoms with E-state index in [0.717, 1.165) is 18.8 Å². The first kappa shape index (κ1) is 12.1. The number of Topliss-reactive ketones (excluding diaryl/α,β-unsaturated/α-hetero) is 1. The fraction of sp³-hybridized carbons (Fsp3) is 0.500. The van der Waals surface area contributed by atoms with Gasteiger partial charge in [-0.05, 0) is 36.6 Å². The first-order valence-electron chi connectivity index (χ1n) is 5.91. The fourth-order valence-electron chi connectivity index (χ4n) is 2.66. The van der Waals surface area contributed by atoms with Crippen molar-refractivity contribution < 1.29 is 9.18 Å². The summed E-state index contributed by atoms with van der Waals surface area (Å²) in [7, 11) is 0. The maximum Gasteiger partial charge on any atom is 0.135 e. The predicted octanol–water partition coefficient (Wildman–Crippen LogP) is 2.88. The van der Waals surface area contributed by atoms with E-state index in [-0.39, 0.29) is 22.9 Å². The Bertz CT molecular complexity index is 424. The molecule has 92 valence electrons. The first-order chi connectivity index (χ1) is 7.90. The van der Waals surface area contributed by atoms with E-state index in [2.05, 4.69) is 18.7 Å². The van der Waals surface area contributed by atoms with Gasteiger partial charge in [0.1, 0.15) is 11.6 Å². The van der Waals surface area contributed by atoms with E-state index in [4.69, 9.17) is 0 Å². The molecule has 2 nitrogen and oxygen atoms in total. The molecule has 0 N–H and O–H groups in total. The molecule has 1 atom stereocenters. The second-order valence-electron chi connectivity index (χ2n) is 5.51. The van der Waals surface area contributed by atoms with E-state index < -0.39 is 0 Å². The highest BCUT2D eigenvalue weighted by Crippen LogP contribution is 2.38. The van der Waals surface area contributed by atoms with Crippen molar-refractivity contribution in [1.82, 2.24) is 0 Å². The van der Waals surface area contributed by atoms with Gasteiger partial charge in [-0.1, -0.05) is 13.8 Å². The van der Waals surface area contributed by atoms with Gasteiger partial charge in [0.15, 0.2) is 0 Å². The second kappa shape index (κ2) is 4.13. The number of benzene rings is 1. The van der Waals surface area contributed by atoms with Crippen molar-refractivity contribution >= 4 is 11.5 Å². The van der Waals surface area contributed by atoms with Crippen LogP contribution in [0.3, 0.4) is 0 Å². The van der Waals surface area contributed by atoms with Gasteiger partial charge in [0.05, 0.1) is 0 Å². The third-order valence-corrected chi connectivity index (χ3v) is 3.63. The van der Waals surface area contributed by atoms with E-state index in [1.165, 1.54) is 12.1 Å². The van der Waals surface area contributed by atoms with Crippen molar-refractivity contribution in [2.75, 3.05) is 18.0 Å². The molecule has 2 rings (SSSR count). The van der Waals surface area contributed by atoms with Crippen molar-refractivity contribution in [2.24, 2.45) is 11.3 Å². The summed E-state index contributed by atoms with van der Waals surface area (Å²) in [5.41, 5.74) is 0.975. The van der Waals surface area contributed by atoms with Crippen LogP contribution in [0.25, 0.3) is 0 Å². The number of anilines is 1. The number of hydrogen-bond acceptors (Lipinski definition) is 2. The topological polar surface area (TPSA) is 20.3 Å². The SMILES string of the molecule is CC(=O)C1CN(c2ccc(F)cc2)CC1(C)C. The third-order valence-electron chi connectivity index (χ3n) is 3.63. The summed E-state index contributed by atoms with van der Waals surface area (Å²) in [5.74, 6) is 0.0717. The van der Waals surface area contributed by atoms with Gasteiger partial charge in [-0.2, -0.15) is 0 Å². The summed E-state index contributed by atoms with van der Waals surface area (Å²) >= 11 is 0. The summed E-state index contributed by atoms with van der Waals surface area (Å²) in [5, 5.41) is 0. The molecule has 1 aromatic carbocycles. The van der Waals surface area contributed by atoms with Gasteiger partial charge in [-0.25, -0.2) is 4.39 Å². The highest BCUT2D eigenvalue weighted by molar-refractivity contribution is 5.80. The van der Waals surface area contributed by atoms with Gasteiger partial charge in [-0.3, -0.25) is 4.79 Å². The Morgan fingerprint density at radius 3 is 2.41 bits per heavy atom. The summed E-state index contributed by atoms with van der Waals surface area (Å²) in [6.07, 6.45) is 0. The third kappa shape index (κ3) is 2.33. The first-order valence-corrected chi connectivity index (χ1v) is 5.91. The summed E-state index contributed by atoms with van der Waals surface area (Å²) in [4.78, 5) is 13.8. The van der Waals surface area contributed by atoms with E-state index in [1.54, 1.807) is 19.1 Å². The molecule has 0 amide bonds. The van der Waals surface area contributed by atoms with E-state index in [1.807, 2.05) is 0 Å². The molecular weight excluding hydrogens is 217 g/mol. The van der Waals surface area contributed by atoms with Crippen LogP contribution in [0.2, 0.25) is 0 Å². The molecule has 0 bridgehead atoms. The lowest BCUT2D eigenvalue weighted by Gasteiger charge is -2.23. The fourth-order valence-corrected chi connectivity index (χ4v) is 2.66. The zero-order valence-corrected chi connectivity index (χ0v) is 10.5. The molecule has 1 aromatic rings. The number of hydrogen-bond donors (Lipinski definition) is 0. The summed E-state index contributed by atoms with van der Waals surface area (Å²) in [6.45, 7) is 7.45. The number of halogens is 1. The van der Waals surface area contributed by atoms with Crippen molar-refractivity contribution in [3.05, 3.63) is 30.1 Å². The molecule has 1 fully saturated rings. The van der Waals surface area contributed by atoms with Gasteiger partial charge < -0.3 is 4.90 Å². The largest absolute Gasteiger partial charge is 0.370 e. The quantitative estimate of drug-likeness (QED) is 0.785. The number of carbonyl (C=O) groups is 1. The normalized spacial score (nSPS) is 22.8. The number of nitrogens with zero attached hydrogens (tertiary/aromatic N) is 1. The van der Waals surface area contributed by atoms with Crippen molar-refractivity contribution in [3.8, 4) is 0 Å². The number of carbonyl (C=O) groups excluding carboxylic acids is 1. The second-order valence-corrected chi connectivity index (χ2v) is 5.51. The minimum absolute atomic E-state index is 0.0137. The standard InChI is InChI=1S/C14H18FNO/c1-10(17)13-8-16(9-14(13,2)3)12-6-4-11(15)5-7-12/h4-7,13H,8-9H2,1-3H3. The van der Waals surface area contributed by atoms with Crippen LogP contribution < -0.4 is 4.90 Å². The van der Waals surface area contributed by atoms with Crippen LogP contribution in [0.1, 0.15) is 20.8 Å². The zero-order valence-electron chi connectivity index (χ0n) is 10.5. The average Bonchev–Trinajstić information content (AvgIpc) is 2.55. The maximum absolute atomic E-state index is 12.9. The van der Waals surface area contributed by atoms with E-state index in [0.29, 0.717) is 0 Å². The van der Waals surface area contributed by atoms with Crippen LogP contribution >= 0.6 is 0 Å². The van der Waals surface area contributed by atoms with Crippen LogP contribution in [0.5, 0.6) is 0 Å². The summed E-state index contributed by atoms with van der Waals surface area (Å²) < 4.78 is 12.9. The van der Waals surface area contributed by atoms with Crippen molar-refractivity contribution in [2.45, 2.75) is 20.8 Å². The maximum atomic E-state index is 12.9. The molecule has 0 spiro atoms. The smallest absolute Gasteiger partial charge is 0.135 e. The Kier molecular flexibility index (Phi) is 2.94. The highest BCUT2D eigenvalue weighted by Gasteiger charge is 2.41. The predicted molar refractivity (Wildman–Crippen MR) is 66.6 cm³/mol. The molecule has 1 heterocycles. The molecule has 0 aromatic heterocycles. The van der Waals surface area contributed by atoms with Crippen LogP contribution in [0.4, 0.5) is 10.1 Å². The van der Waals surface area contributed by atoms with Gasteiger partial charge in [0.25, 0.3) is 0 Å². The monoisotopic (exact) mass is 235 g/mol. The van der Waals surface area contributed by atoms with Crippen LogP contribution in [0, 0.1) is 17.2 Å². The number of ketones is 1. The van der Waals surface area contributed by atoms with Gasteiger partial charge in [0, 0.05) is 24.7 Å². The Balaban J connectivity index is 2.21. The lowest BCUT2D eigenvalue weighted by Crippen LogP contribution is -2.27. The molecular formula is C14H18FNO. The van der Waals surface area contributed by atoms with E-state index in [9.17, 15) is 9.18 Å². The van der Waals surface area contributed by atoms with Gasteiger partial charge >= 0.3 is 0 Å². The Labute approximate surface area is 101 Å². The summed E-state index contributed by atoms with van der Waals surface area (Å²) in [6, 6.07) is 6.47. The van der Waals surface area contributed by atoms with Gasteiger partial charge in [0.2, 0.25) is 0 Å². The molecule has 1 aliphatic heterocycles. The van der Waals surface area contributed by atoms with Crippen LogP contribution in [0.15, 0.2) is 24.3 Å². The Morgan fingerprint density at radius 2 is 1.94 bits per heavy atom. The van der Waals surface area contributed by atoms with Crippen molar-refractivity contribution in [1.29, 1.82) is 0 Å². The molecule has 0 saturated carbocycles. The van der Waals surface area contributed by atoms with Crippen LogP contribution in [-0.4, -0.2) is 18.9 Å². The Morgan fingerprint density at radius 1 is 1.35 bits per heavy atom. The molecule has 0 radical (unpaired) electrons. The van der Waals surface area contributed by atoms with Gasteiger partial charge in [-0.15, -0.1) is 0 Å². The molecule has 1 unspecified atom stereocenters. The Hall–Kier alpha value is -1.38. The lowest BCUT2D eigenvalue weighted by atomic mass is 9.80. The highest BCUT2D eigenvalue weighted by atomic mass is 19.1. The molecule has 3 heteroatoms. The van der Waals surface area contributed by atoms with E-state index >= 15 is 0 Å². The molecule has 1 saturated heterocycles.